The average molecular weight is 250 g/mol. The van der Waals surface area contributed by atoms with Crippen LogP contribution in [0.2, 0.25) is 0 Å². The minimum Gasteiger partial charge on any atom is -0.494 e. The molecule has 18 heavy (non-hydrogen) atoms. The van der Waals surface area contributed by atoms with Crippen molar-refractivity contribution in [1.29, 1.82) is 0 Å². The van der Waals surface area contributed by atoms with Crippen LogP contribution in [0.15, 0.2) is 24.3 Å². The lowest BCUT2D eigenvalue weighted by Crippen LogP contribution is -2.23. The number of hydrogen-bond donors (Lipinski definition) is 0. The second kappa shape index (κ2) is 7.88. The maximum Gasteiger partial charge on any atom is 0.191 e. The van der Waals surface area contributed by atoms with E-state index < -0.39 is 0 Å². The van der Waals surface area contributed by atoms with Gasteiger partial charge in [0.15, 0.2) is 5.78 Å². The first-order chi connectivity index (χ1) is 8.72. The number of carbonyl (C=O) groups is 1. The van der Waals surface area contributed by atoms with Gasteiger partial charge in [0.05, 0.1) is 6.61 Å². The smallest absolute Gasteiger partial charge is 0.191 e. The lowest BCUT2D eigenvalue weighted by atomic mass is 10.0. The standard InChI is InChI=1S/C15H22O3/c1-4-11-18-13-9-7-12(8-10-13)15(16)14(5-2)17-6-3/h7-10,14H,4-6,11H2,1-3H3. The Labute approximate surface area is 109 Å². The number of ether oxygens (including phenoxy) is 2. The van der Waals surface area contributed by atoms with Crippen LogP contribution >= 0.6 is 0 Å². The zero-order chi connectivity index (χ0) is 13.4. The summed E-state index contributed by atoms with van der Waals surface area (Å²) in [7, 11) is 0. The number of carbonyl (C=O) groups excluding carboxylic acids is 1. The Kier molecular flexibility index (Phi) is 6.44. The monoisotopic (exact) mass is 250 g/mol. The van der Waals surface area contributed by atoms with E-state index >= 15 is 0 Å². The molecule has 1 aromatic rings. The molecule has 1 atom stereocenters. The van der Waals surface area contributed by atoms with Crippen molar-refractivity contribution in [2.75, 3.05) is 13.2 Å². The highest BCUT2D eigenvalue weighted by atomic mass is 16.5. The van der Waals surface area contributed by atoms with Crippen LogP contribution in [0.25, 0.3) is 0 Å². The maximum atomic E-state index is 12.1. The van der Waals surface area contributed by atoms with E-state index in [0.717, 1.165) is 12.2 Å². The Hall–Kier alpha value is -1.35. The van der Waals surface area contributed by atoms with Crippen LogP contribution in [0, 0.1) is 0 Å². The van der Waals surface area contributed by atoms with Gasteiger partial charge in [-0.3, -0.25) is 4.79 Å². The van der Waals surface area contributed by atoms with Gasteiger partial charge in [-0.1, -0.05) is 13.8 Å². The fourth-order valence-corrected chi connectivity index (χ4v) is 1.70. The van der Waals surface area contributed by atoms with E-state index in [1.165, 1.54) is 0 Å². The predicted octanol–water partition coefficient (Wildman–Crippen LogP) is 3.47. The average Bonchev–Trinajstić information content (AvgIpc) is 2.42. The molecule has 0 heterocycles. The molecule has 100 valence electrons. The highest BCUT2D eigenvalue weighted by Gasteiger charge is 2.18. The van der Waals surface area contributed by atoms with Gasteiger partial charge in [-0.15, -0.1) is 0 Å². The molecule has 1 unspecified atom stereocenters. The molecule has 0 bridgehead atoms. The van der Waals surface area contributed by atoms with Crippen LogP contribution in [-0.4, -0.2) is 25.1 Å². The molecule has 3 heteroatoms. The third-order valence-corrected chi connectivity index (χ3v) is 2.64. The lowest BCUT2D eigenvalue weighted by molar-refractivity contribution is 0.0444. The van der Waals surface area contributed by atoms with Crippen molar-refractivity contribution in [3.8, 4) is 5.75 Å². The van der Waals surface area contributed by atoms with Gasteiger partial charge >= 0.3 is 0 Å². The van der Waals surface area contributed by atoms with Crippen LogP contribution in [0.1, 0.15) is 44.0 Å². The first-order valence-electron chi connectivity index (χ1n) is 6.61. The van der Waals surface area contributed by atoms with Gasteiger partial charge in [0.2, 0.25) is 0 Å². The van der Waals surface area contributed by atoms with Gasteiger partial charge in [-0.2, -0.15) is 0 Å². The molecule has 0 amide bonds. The summed E-state index contributed by atoms with van der Waals surface area (Å²) in [6.07, 6.45) is 1.33. The minimum absolute atomic E-state index is 0.0430. The van der Waals surface area contributed by atoms with E-state index in [4.69, 9.17) is 9.47 Å². The van der Waals surface area contributed by atoms with Crippen molar-refractivity contribution in [2.24, 2.45) is 0 Å². The molecular weight excluding hydrogens is 228 g/mol. The van der Waals surface area contributed by atoms with Crippen molar-refractivity contribution >= 4 is 5.78 Å². The number of ketones is 1. The Morgan fingerprint density at radius 3 is 2.33 bits per heavy atom. The van der Waals surface area contributed by atoms with E-state index in [2.05, 4.69) is 6.92 Å². The fourth-order valence-electron chi connectivity index (χ4n) is 1.70. The van der Waals surface area contributed by atoms with Crippen molar-refractivity contribution in [2.45, 2.75) is 39.7 Å². The van der Waals surface area contributed by atoms with E-state index in [9.17, 15) is 4.79 Å². The molecule has 0 fully saturated rings. The molecule has 3 nitrogen and oxygen atoms in total. The number of rotatable bonds is 8. The zero-order valence-corrected chi connectivity index (χ0v) is 11.4. The summed E-state index contributed by atoms with van der Waals surface area (Å²) in [4.78, 5) is 12.1. The Morgan fingerprint density at radius 2 is 1.83 bits per heavy atom. The largest absolute Gasteiger partial charge is 0.494 e. The highest BCUT2D eigenvalue weighted by Crippen LogP contribution is 2.15. The molecule has 0 spiro atoms. The molecule has 0 saturated carbocycles. The van der Waals surface area contributed by atoms with E-state index in [-0.39, 0.29) is 11.9 Å². The predicted molar refractivity (Wildman–Crippen MR) is 72.3 cm³/mol. The van der Waals surface area contributed by atoms with Crippen molar-refractivity contribution < 1.29 is 14.3 Å². The minimum atomic E-state index is -0.336. The van der Waals surface area contributed by atoms with Gasteiger partial charge in [-0.05, 0) is 44.0 Å². The van der Waals surface area contributed by atoms with E-state index in [1.54, 1.807) is 12.1 Å². The van der Waals surface area contributed by atoms with Crippen molar-refractivity contribution in [1.82, 2.24) is 0 Å². The first-order valence-corrected chi connectivity index (χ1v) is 6.61. The number of Topliss-reactive ketones (excluding diaryl/α,β-unsaturated/α-hetero) is 1. The molecule has 0 aliphatic rings. The SMILES string of the molecule is CCCOc1ccc(C(=O)C(CC)OCC)cc1. The van der Waals surface area contributed by atoms with Crippen LogP contribution in [-0.2, 0) is 4.74 Å². The van der Waals surface area contributed by atoms with Crippen molar-refractivity contribution in [3.05, 3.63) is 29.8 Å². The highest BCUT2D eigenvalue weighted by molar-refractivity contribution is 5.99. The van der Waals surface area contributed by atoms with Crippen LogP contribution in [0.4, 0.5) is 0 Å². The Morgan fingerprint density at radius 1 is 1.17 bits per heavy atom. The zero-order valence-electron chi connectivity index (χ0n) is 11.4. The van der Waals surface area contributed by atoms with Gasteiger partial charge in [0.1, 0.15) is 11.9 Å². The van der Waals surface area contributed by atoms with Gasteiger partial charge in [0.25, 0.3) is 0 Å². The summed E-state index contributed by atoms with van der Waals surface area (Å²) in [5.41, 5.74) is 0.680. The maximum absolute atomic E-state index is 12.1. The van der Waals surface area contributed by atoms with E-state index in [1.807, 2.05) is 26.0 Å². The topological polar surface area (TPSA) is 35.5 Å². The summed E-state index contributed by atoms with van der Waals surface area (Å²) in [5, 5.41) is 0. The third kappa shape index (κ3) is 4.15. The molecule has 0 aliphatic carbocycles. The molecule has 0 radical (unpaired) electrons. The summed E-state index contributed by atoms with van der Waals surface area (Å²) in [6, 6.07) is 7.27. The number of hydrogen-bond acceptors (Lipinski definition) is 3. The molecule has 0 N–H and O–H groups in total. The van der Waals surface area contributed by atoms with Gasteiger partial charge < -0.3 is 9.47 Å². The molecule has 1 rings (SSSR count). The lowest BCUT2D eigenvalue weighted by Gasteiger charge is -2.14. The molecule has 0 aliphatic heterocycles. The molecule has 1 aromatic carbocycles. The van der Waals surface area contributed by atoms with E-state index in [0.29, 0.717) is 25.2 Å². The fraction of sp³-hybridized carbons (Fsp3) is 0.533. The normalized spacial score (nSPS) is 12.2. The quantitative estimate of drug-likeness (QED) is 0.663. The van der Waals surface area contributed by atoms with Crippen LogP contribution in [0.3, 0.4) is 0 Å². The van der Waals surface area contributed by atoms with Gasteiger partial charge in [-0.25, -0.2) is 0 Å². The summed E-state index contributed by atoms with van der Waals surface area (Å²) in [5.74, 6) is 0.847. The second-order valence-corrected chi connectivity index (χ2v) is 4.09. The number of benzene rings is 1. The third-order valence-electron chi connectivity index (χ3n) is 2.64. The summed E-state index contributed by atoms with van der Waals surface area (Å²) >= 11 is 0. The Balaban J connectivity index is 2.68. The Bertz CT molecular complexity index is 357. The van der Waals surface area contributed by atoms with Crippen LogP contribution < -0.4 is 4.74 Å². The molecule has 0 saturated heterocycles. The first kappa shape index (κ1) is 14.7. The second-order valence-electron chi connectivity index (χ2n) is 4.09. The summed E-state index contributed by atoms with van der Waals surface area (Å²) in [6.45, 7) is 7.17. The summed E-state index contributed by atoms with van der Waals surface area (Å²) < 4.78 is 10.9. The van der Waals surface area contributed by atoms with Crippen LogP contribution in [0.5, 0.6) is 5.75 Å². The van der Waals surface area contributed by atoms with Gasteiger partial charge in [0, 0.05) is 12.2 Å². The molecule has 0 aromatic heterocycles. The van der Waals surface area contributed by atoms with Crippen molar-refractivity contribution in [3.63, 3.8) is 0 Å². The molecular formula is C15H22O3.